The standard InChI is InChI=1S/C16H16N2O5/c1-12-14(18(20)21)8-5-9-15(12)22-11-16(19)17-23-10-13-6-3-2-4-7-13/h2-9H,10-11H2,1H3,(H,17,19). The molecule has 0 aliphatic carbocycles. The summed E-state index contributed by atoms with van der Waals surface area (Å²) in [6, 6.07) is 13.8. The molecule has 23 heavy (non-hydrogen) atoms. The van der Waals surface area contributed by atoms with Crippen molar-refractivity contribution >= 4 is 11.6 Å². The topological polar surface area (TPSA) is 90.7 Å². The number of carbonyl (C=O) groups is 1. The van der Waals surface area contributed by atoms with E-state index in [2.05, 4.69) is 5.48 Å². The predicted octanol–water partition coefficient (Wildman–Crippen LogP) is 2.53. The summed E-state index contributed by atoms with van der Waals surface area (Å²) < 4.78 is 5.30. The van der Waals surface area contributed by atoms with Crippen molar-refractivity contribution in [2.45, 2.75) is 13.5 Å². The van der Waals surface area contributed by atoms with Crippen LogP contribution in [0, 0.1) is 17.0 Å². The first-order valence-electron chi connectivity index (χ1n) is 6.89. The molecule has 0 aromatic heterocycles. The van der Waals surface area contributed by atoms with Gasteiger partial charge in [-0.1, -0.05) is 36.4 Å². The Bertz CT molecular complexity index is 688. The average molecular weight is 316 g/mol. The number of hydroxylamine groups is 1. The summed E-state index contributed by atoms with van der Waals surface area (Å²) in [6.07, 6.45) is 0. The van der Waals surface area contributed by atoms with Gasteiger partial charge in [-0.3, -0.25) is 19.7 Å². The number of ether oxygens (including phenoxy) is 1. The molecule has 2 aromatic carbocycles. The third-order valence-corrected chi connectivity index (χ3v) is 3.08. The zero-order valence-electron chi connectivity index (χ0n) is 12.5. The zero-order valence-corrected chi connectivity index (χ0v) is 12.5. The van der Waals surface area contributed by atoms with Gasteiger partial charge in [-0.25, -0.2) is 5.48 Å². The molecule has 0 atom stereocenters. The fourth-order valence-corrected chi connectivity index (χ4v) is 1.90. The minimum Gasteiger partial charge on any atom is -0.483 e. The Hall–Kier alpha value is -2.93. The highest BCUT2D eigenvalue weighted by Gasteiger charge is 2.14. The summed E-state index contributed by atoms with van der Waals surface area (Å²) >= 11 is 0. The van der Waals surface area contributed by atoms with E-state index in [0.717, 1.165) is 5.56 Å². The summed E-state index contributed by atoms with van der Waals surface area (Å²) in [6.45, 7) is 1.51. The number of amides is 1. The van der Waals surface area contributed by atoms with Gasteiger partial charge in [-0.2, -0.15) is 0 Å². The molecule has 0 aliphatic rings. The Balaban J connectivity index is 1.81. The van der Waals surface area contributed by atoms with Gasteiger partial charge in [0.2, 0.25) is 0 Å². The van der Waals surface area contributed by atoms with Crippen molar-refractivity contribution in [1.29, 1.82) is 0 Å². The van der Waals surface area contributed by atoms with E-state index in [-0.39, 0.29) is 24.7 Å². The molecule has 0 unspecified atom stereocenters. The molecule has 2 aromatic rings. The monoisotopic (exact) mass is 316 g/mol. The molecule has 0 bridgehead atoms. The fraction of sp³-hybridized carbons (Fsp3) is 0.188. The van der Waals surface area contributed by atoms with Crippen LogP contribution in [0.1, 0.15) is 11.1 Å². The third kappa shape index (κ3) is 4.79. The van der Waals surface area contributed by atoms with Crippen molar-refractivity contribution in [2.75, 3.05) is 6.61 Å². The van der Waals surface area contributed by atoms with Gasteiger partial charge in [-0.15, -0.1) is 0 Å². The van der Waals surface area contributed by atoms with E-state index in [4.69, 9.17) is 9.57 Å². The number of hydrogen-bond acceptors (Lipinski definition) is 5. The van der Waals surface area contributed by atoms with Crippen LogP contribution in [0.25, 0.3) is 0 Å². The van der Waals surface area contributed by atoms with E-state index < -0.39 is 10.8 Å². The Labute approximate surface area is 132 Å². The maximum Gasteiger partial charge on any atom is 0.281 e. The van der Waals surface area contributed by atoms with Gasteiger partial charge < -0.3 is 4.74 Å². The van der Waals surface area contributed by atoms with E-state index >= 15 is 0 Å². The van der Waals surface area contributed by atoms with Crippen molar-refractivity contribution in [1.82, 2.24) is 5.48 Å². The second kappa shape index (κ2) is 7.90. The van der Waals surface area contributed by atoms with Crippen molar-refractivity contribution < 1.29 is 19.3 Å². The lowest BCUT2D eigenvalue weighted by Gasteiger charge is -2.09. The lowest BCUT2D eigenvalue weighted by atomic mass is 10.2. The largest absolute Gasteiger partial charge is 0.483 e. The molecule has 2 rings (SSSR count). The quantitative estimate of drug-likeness (QED) is 0.626. The summed E-state index contributed by atoms with van der Waals surface area (Å²) in [7, 11) is 0. The average Bonchev–Trinajstić information content (AvgIpc) is 2.54. The van der Waals surface area contributed by atoms with Gasteiger partial charge in [0.15, 0.2) is 6.61 Å². The number of rotatable bonds is 7. The second-order valence-electron chi connectivity index (χ2n) is 4.75. The normalized spacial score (nSPS) is 10.1. The summed E-state index contributed by atoms with van der Waals surface area (Å²) in [5.74, 6) is -0.191. The summed E-state index contributed by atoms with van der Waals surface area (Å²) in [4.78, 5) is 27.1. The SMILES string of the molecule is Cc1c(OCC(=O)NOCc2ccccc2)cccc1[N+](=O)[O-]. The molecular weight excluding hydrogens is 300 g/mol. The number of nitro benzene ring substituents is 1. The van der Waals surface area contributed by atoms with Gasteiger partial charge in [0, 0.05) is 6.07 Å². The van der Waals surface area contributed by atoms with Gasteiger partial charge in [0.05, 0.1) is 17.1 Å². The second-order valence-corrected chi connectivity index (χ2v) is 4.75. The maximum atomic E-state index is 11.6. The van der Waals surface area contributed by atoms with Gasteiger partial charge in [0.1, 0.15) is 5.75 Å². The van der Waals surface area contributed by atoms with Crippen LogP contribution in [0.3, 0.4) is 0 Å². The highest BCUT2D eigenvalue weighted by atomic mass is 16.7. The van der Waals surface area contributed by atoms with Crippen LogP contribution < -0.4 is 10.2 Å². The first-order chi connectivity index (χ1) is 11.1. The molecule has 1 amide bonds. The smallest absolute Gasteiger partial charge is 0.281 e. The van der Waals surface area contributed by atoms with E-state index in [1.807, 2.05) is 30.3 Å². The van der Waals surface area contributed by atoms with Crippen LogP contribution in [0.15, 0.2) is 48.5 Å². The van der Waals surface area contributed by atoms with E-state index in [9.17, 15) is 14.9 Å². The first kappa shape index (κ1) is 16.4. The number of nitrogens with one attached hydrogen (secondary N) is 1. The summed E-state index contributed by atoms with van der Waals surface area (Å²) in [5, 5.41) is 10.8. The Kier molecular flexibility index (Phi) is 5.65. The number of nitro groups is 1. The molecule has 7 heteroatoms. The number of carbonyl (C=O) groups excluding carboxylic acids is 1. The third-order valence-electron chi connectivity index (χ3n) is 3.08. The summed E-state index contributed by atoms with van der Waals surface area (Å²) in [5.41, 5.74) is 3.50. The molecule has 7 nitrogen and oxygen atoms in total. The Morgan fingerprint density at radius 3 is 2.61 bits per heavy atom. The van der Waals surface area contributed by atoms with Gasteiger partial charge in [-0.05, 0) is 18.6 Å². The molecule has 0 saturated heterocycles. The van der Waals surface area contributed by atoms with E-state index in [1.165, 1.54) is 12.1 Å². The fourth-order valence-electron chi connectivity index (χ4n) is 1.90. The first-order valence-corrected chi connectivity index (χ1v) is 6.89. The molecule has 0 fully saturated rings. The van der Waals surface area contributed by atoms with Crippen molar-refractivity contribution in [3.05, 3.63) is 69.8 Å². The molecule has 0 spiro atoms. The van der Waals surface area contributed by atoms with Crippen LogP contribution in [-0.4, -0.2) is 17.4 Å². The molecule has 0 heterocycles. The van der Waals surface area contributed by atoms with Gasteiger partial charge in [0.25, 0.3) is 11.6 Å². The minimum atomic E-state index is -0.495. The Morgan fingerprint density at radius 2 is 1.91 bits per heavy atom. The highest BCUT2D eigenvalue weighted by molar-refractivity contribution is 5.76. The molecule has 0 aliphatic heterocycles. The van der Waals surface area contributed by atoms with Gasteiger partial charge >= 0.3 is 0 Å². The lowest BCUT2D eigenvalue weighted by Crippen LogP contribution is -2.29. The Morgan fingerprint density at radius 1 is 1.17 bits per heavy atom. The van der Waals surface area contributed by atoms with Crippen molar-refractivity contribution in [2.24, 2.45) is 0 Å². The number of nitrogens with zero attached hydrogens (tertiary/aromatic N) is 1. The van der Waals surface area contributed by atoms with Crippen molar-refractivity contribution in [3.63, 3.8) is 0 Å². The van der Waals surface area contributed by atoms with Crippen molar-refractivity contribution in [3.8, 4) is 5.75 Å². The predicted molar refractivity (Wildman–Crippen MR) is 82.7 cm³/mol. The molecule has 0 saturated carbocycles. The van der Waals surface area contributed by atoms with Crippen LogP contribution in [-0.2, 0) is 16.2 Å². The molecule has 0 radical (unpaired) electrons. The number of benzene rings is 2. The highest BCUT2D eigenvalue weighted by Crippen LogP contribution is 2.26. The van der Waals surface area contributed by atoms with E-state index in [0.29, 0.717) is 5.56 Å². The van der Waals surface area contributed by atoms with Crippen LogP contribution in [0.4, 0.5) is 5.69 Å². The zero-order chi connectivity index (χ0) is 16.7. The van der Waals surface area contributed by atoms with Crippen LogP contribution in [0.2, 0.25) is 0 Å². The van der Waals surface area contributed by atoms with Crippen LogP contribution in [0.5, 0.6) is 5.75 Å². The minimum absolute atomic E-state index is 0.0526. The molecule has 1 N–H and O–H groups in total. The number of hydrogen-bond donors (Lipinski definition) is 1. The molecule has 120 valence electrons. The maximum absolute atomic E-state index is 11.6. The van der Waals surface area contributed by atoms with Crippen LogP contribution >= 0.6 is 0 Å². The lowest BCUT2D eigenvalue weighted by molar-refractivity contribution is -0.385. The van der Waals surface area contributed by atoms with E-state index in [1.54, 1.807) is 13.0 Å². The molecular formula is C16H16N2O5.